The molecule has 2 aromatic carbocycles. The summed E-state index contributed by atoms with van der Waals surface area (Å²) in [7, 11) is -3.51. The molecule has 0 atom stereocenters. The minimum atomic E-state index is -3.51. The summed E-state index contributed by atoms with van der Waals surface area (Å²) >= 11 is 0. The molecule has 0 aliphatic rings. The normalized spacial score (nSPS) is 11.6. The van der Waals surface area contributed by atoms with Gasteiger partial charge in [-0.2, -0.15) is 0 Å². The highest BCUT2D eigenvalue weighted by molar-refractivity contribution is 7.89. The van der Waals surface area contributed by atoms with Crippen LogP contribution in [0.4, 0.5) is 0 Å². The number of hydrogen-bond acceptors (Lipinski definition) is 3. The summed E-state index contributed by atoms with van der Waals surface area (Å²) < 4.78 is 27.4. The van der Waals surface area contributed by atoms with Crippen molar-refractivity contribution in [2.24, 2.45) is 5.73 Å². The molecular weight excluding hydrogens is 284 g/mol. The fourth-order valence-electron chi connectivity index (χ4n) is 2.12. The predicted octanol–water partition coefficient (Wildman–Crippen LogP) is 2.24. The Balaban J connectivity index is 2.19. The summed E-state index contributed by atoms with van der Waals surface area (Å²) in [6.45, 7) is 4.37. The van der Waals surface area contributed by atoms with Gasteiger partial charge in [-0.15, -0.1) is 0 Å². The molecule has 21 heavy (non-hydrogen) atoms. The Morgan fingerprint density at radius 2 is 1.76 bits per heavy atom. The zero-order chi connectivity index (χ0) is 15.5. The van der Waals surface area contributed by atoms with E-state index in [2.05, 4.69) is 4.72 Å². The Morgan fingerprint density at radius 1 is 1.05 bits per heavy atom. The number of sulfonamides is 1. The number of rotatable bonds is 5. The van der Waals surface area contributed by atoms with E-state index in [-0.39, 0.29) is 6.54 Å². The second-order valence-corrected chi connectivity index (χ2v) is 6.85. The summed E-state index contributed by atoms with van der Waals surface area (Å²) in [4.78, 5) is 0.331. The lowest BCUT2D eigenvalue weighted by Gasteiger charge is -2.10. The van der Waals surface area contributed by atoms with E-state index < -0.39 is 10.0 Å². The van der Waals surface area contributed by atoms with Crippen molar-refractivity contribution in [1.82, 2.24) is 4.72 Å². The molecule has 4 nitrogen and oxygen atoms in total. The van der Waals surface area contributed by atoms with Crippen LogP contribution in [0.3, 0.4) is 0 Å². The van der Waals surface area contributed by atoms with E-state index >= 15 is 0 Å². The van der Waals surface area contributed by atoms with Gasteiger partial charge in [0.2, 0.25) is 10.0 Å². The molecule has 112 valence electrons. The Hall–Kier alpha value is -1.69. The SMILES string of the molecule is Cc1ccc(C)c(S(=O)(=O)NCc2cccc(CN)c2)c1. The Bertz CT molecular complexity index is 740. The zero-order valence-electron chi connectivity index (χ0n) is 12.3. The van der Waals surface area contributed by atoms with Gasteiger partial charge in [-0.25, -0.2) is 13.1 Å². The number of nitrogens with one attached hydrogen (secondary N) is 1. The highest BCUT2D eigenvalue weighted by Gasteiger charge is 2.16. The summed E-state index contributed by atoms with van der Waals surface area (Å²) in [5.74, 6) is 0. The molecule has 0 amide bonds. The lowest BCUT2D eigenvalue weighted by Crippen LogP contribution is -2.24. The number of aryl methyl sites for hydroxylation is 2. The lowest BCUT2D eigenvalue weighted by molar-refractivity contribution is 0.580. The van der Waals surface area contributed by atoms with Crippen LogP contribution in [0.1, 0.15) is 22.3 Å². The highest BCUT2D eigenvalue weighted by Crippen LogP contribution is 2.17. The van der Waals surface area contributed by atoms with Gasteiger partial charge in [0, 0.05) is 13.1 Å². The van der Waals surface area contributed by atoms with Gasteiger partial charge in [0.1, 0.15) is 0 Å². The topological polar surface area (TPSA) is 72.2 Å². The van der Waals surface area contributed by atoms with Crippen LogP contribution in [0.5, 0.6) is 0 Å². The van der Waals surface area contributed by atoms with Crippen molar-refractivity contribution >= 4 is 10.0 Å². The van der Waals surface area contributed by atoms with Gasteiger partial charge in [-0.05, 0) is 42.2 Å². The Morgan fingerprint density at radius 3 is 2.48 bits per heavy atom. The average molecular weight is 304 g/mol. The molecule has 0 aromatic heterocycles. The molecule has 0 saturated heterocycles. The van der Waals surface area contributed by atoms with Crippen LogP contribution in [-0.4, -0.2) is 8.42 Å². The van der Waals surface area contributed by atoms with Crippen LogP contribution >= 0.6 is 0 Å². The van der Waals surface area contributed by atoms with Crippen LogP contribution in [0.15, 0.2) is 47.4 Å². The van der Waals surface area contributed by atoms with Gasteiger partial charge in [-0.1, -0.05) is 36.4 Å². The molecule has 0 aliphatic carbocycles. The van der Waals surface area contributed by atoms with E-state index in [4.69, 9.17) is 5.73 Å². The van der Waals surface area contributed by atoms with Gasteiger partial charge >= 0.3 is 0 Å². The maximum atomic E-state index is 12.4. The van der Waals surface area contributed by atoms with Gasteiger partial charge in [0.15, 0.2) is 0 Å². The molecule has 0 saturated carbocycles. The fourth-order valence-corrected chi connectivity index (χ4v) is 3.46. The number of nitrogens with two attached hydrogens (primary N) is 1. The molecule has 0 bridgehead atoms. The number of benzene rings is 2. The molecule has 2 aromatic rings. The maximum absolute atomic E-state index is 12.4. The number of hydrogen-bond donors (Lipinski definition) is 2. The minimum absolute atomic E-state index is 0.254. The van der Waals surface area contributed by atoms with Crippen molar-refractivity contribution in [3.8, 4) is 0 Å². The molecule has 0 fully saturated rings. The third-order valence-corrected chi connectivity index (χ3v) is 4.87. The van der Waals surface area contributed by atoms with E-state index in [0.717, 1.165) is 22.3 Å². The van der Waals surface area contributed by atoms with Crippen LogP contribution in [0.25, 0.3) is 0 Å². The lowest BCUT2D eigenvalue weighted by atomic mass is 10.1. The first-order chi connectivity index (χ1) is 9.92. The molecule has 5 heteroatoms. The average Bonchev–Trinajstić information content (AvgIpc) is 2.48. The van der Waals surface area contributed by atoms with Crippen LogP contribution in [-0.2, 0) is 23.1 Å². The van der Waals surface area contributed by atoms with Crippen molar-refractivity contribution in [2.45, 2.75) is 31.8 Å². The molecule has 0 heterocycles. The summed E-state index contributed by atoms with van der Waals surface area (Å²) in [5, 5.41) is 0. The molecule has 3 N–H and O–H groups in total. The first kappa shape index (κ1) is 15.7. The van der Waals surface area contributed by atoms with Gasteiger partial charge in [-0.3, -0.25) is 0 Å². The minimum Gasteiger partial charge on any atom is -0.326 e. The van der Waals surface area contributed by atoms with E-state index in [1.54, 1.807) is 13.0 Å². The molecule has 0 spiro atoms. The third kappa shape index (κ3) is 3.91. The third-order valence-electron chi connectivity index (χ3n) is 3.33. The monoisotopic (exact) mass is 304 g/mol. The van der Waals surface area contributed by atoms with Crippen LogP contribution < -0.4 is 10.5 Å². The molecule has 0 radical (unpaired) electrons. The first-order valence-corrected chi connectivity index (χ1v) is 8.25. The molecular formula is C16H20N2O2S. The summed E-state index contributed by atoms with van der Waals surface area (Å²) in [6, 6.07) is 13.0. The van der Waals surface area contributed by atoms with E-state index in [1.807, 2.05) is 43.3 Å². The highest BCUT2D eigenvalue weighted by atomic mass is 32.2. The fraction of sp³-hybridized carbons (Fsp3) is 0.250. The predicted molar refractivity (Wildman–Crippen MR) is 84.3 cm³/mol. The van der Waals surface area contributed by atoms with Crippen molar-refractivity contribution in [2.75, 3.05) is 0 Å². The Kier molecular flexibility index (Phi) is 4.77. The van der Waals surface area contributed by atoms with Crippen molar-refractivity contribution in [3.05, 3.63) is 64.7 Å². The van der Waals surface area contributed by atoms with Crippen molar-refractivity contribution in [1.29, 1.82) is 0 Å². The van der Waals surface area contributed by atoms with Gasteiger partial charge < -0.3 is 5.73 Å². The summed E-state index contributed by atoms with van der Waals surface area (Å²) in [6.07, 6.45) is 0. The van der Waals surface area contributed by atoms with Crippen molar-refractivity contribution in [3.63, 3.8) is 0 Å². The molecule has 0 aliphatic heterocycles. The second kappa shape index (κ2) is 6.39. The Labute approximate surface area is 126 Å². The van der Waals surface area contributed by atoms with Crippen LogP contribution in [0.2, 0.25) is 0 Å². The van der Waals surface area contributed by atoms with Gasteiger partial charge in [0.25, 0.3) is 0 Å². The maximum Gasteiger partial charge on any atom is 0.241 e. The van der Waals surface area contributed by atoms with Crippen LogP contribution in [0, 0.1) is 13.8 Å². The zero-order valence-corrected chi connectivity index (χ0v) is 13.1. The van der Waals surface area contributed by atoms with E-state index in [9.17, 15) is 8.42 Å². The molecule has 0 unspecified atom stereocenters. The van der Waals surface area contributed by atoms with E-state index in [1.165, 1.54) is 0 Å². The van der Waals surface area contributed by atoms with E-state index in [0.29, 0.717) is 11.4 Å². The smallest absolute Gasteiger partial charge is 0.241 e. The molecule has 2 rings (SSSR count). The first-order valence-electron chi connectivity index (χ1n) is 6.77. The largest absolute Gasteiger partial charge is 0.326 e. The van der Waals surface area contributed by atoms with Crippen molar-refractivity contribution < 1.29 is 8.42 Å². The second-order valence-electron chi connectivity index (χ2n) is 5.12. The standard InChI is InChI=1S/C16H20N2O2S/c1-12-6-7-13(2)16(8-12)21(19,20)18-11-15-5-3-4-14(9-15)10-17/h3-9,18H,10-11,17H2,1-2H3. The van der Waals surface area contributed by atoms with Gasteiger partial charge in [0.05, 0.1) is 4.90 Å². The summed E-state index contributed by atoms with van der Waals surface area (Å²) in [5.41, 5.74) is 9.13. The quantitative estimate of drug-likeness (QED) is 0.890.